The summed E-state index contributed by atoms with van der Waals surface area (Å²) in [6.45, 7) is 4.30. The summed E-state index contributed by atoms with van der Waals surface area (Å²) in [6.07, 6.45) is 0.986. The van der Waals surface area contributed by atoms with Gasteiger partial charge in [0, 0.05) is 0 Å². The van der Waals surface area contributed by atoms with Gasteiger partial charge in [-0.1, -0.05) is 0 Å². The fourth-order valence-electron chi connectivity index (χ4n) is 3.92. The molecular weight excluding hydrogens is 427 g/mol. The number of hydrogen-bond donors (Lipinski definition) is 0. The van der Waals surface area contributed by atoms with E-state index in [0.29, 0.717) is 14.5 Å². The molecule has 0 amide bonds. The molecule has 146 valence electrons. The summed E-state index contributed by atoms with van der Waals surface area (Å²) < 4.78 is 3.00. The predicted molar refractivity (Wildman–Crippen MR) is 130 cm³/mol. The zero-order chi connectivity index (χ0) is 20.5. The minimum atomic E-state index is 0.303. The van der Waals surface area contributed by atoms with Crippen molar-refractivity contribution in [2.24, 2.45) is 0 Å². The van der Waals surface area contributed by atoms with Crippen molar-refractivity contribution in [2.45, 2.75) is 20.3 Å². The molecule has 0 aliphatic rings. The number of benzene rings is 4. The summed E-state index contributed by atoms with van der Waals surface area (Å²) in [5.74, 6) is 0. The molecule has 1 heterocycles. The third kappa shape index (κ3) is 3.92. The minimum absolute atomic E-state index is 0.303. The SMILES string of the molecule is Cc1ccc(Cc2cc(-c3ccc(C)cc3)[se]c2-c2ccc3ccccc3c2)cc1. The second kappa shape index (κ2) is 8.11. The number of aryl methyl sites for hydroxylation is 2. The average Bonchev–Trinajstić information content (AvgIpc) is 3.19. The first-order valence-electron chi connectivity index (χ1n) is 10.4. The van der Waals surface area contributed by atoms with Crippen molar-refractivity contribution in [2.75, 3.05) is 0 Å². The van der Waals surface area contributed by atoms with E-state index in [2.05, 4.69) is 111 Å². The van der Waals surface area contributed by atoms with Crippen molar-refractivity contribution in [3.63, 3.8) is 0 Å². The Morgan fingerprint density at radius 2 is 1.23 bits per heavy atom. The molecule has 0 bridgehead atoms. The first-order valence-corrected chi connectivity index (χ1v) is 12.1. The Hall–Kier alpha value is -2.86. The van der Waals surface area contributed by atoms with E-state index in [-0.39, 0.29) is 0 Å². The monoisotopic (exact) mass is 452 g/mol. The molecule has 0 spiro atoms. The standard InChI is InChI=1S/C29H24Se/c1-20-7-11-22(12-8-20)17-27-19-28(24-13-9-21(2)10-14-24)30-29(27)26-16-15-23-5-3-4-6-25(23)18-26/h3-16,18-19H,17H2,1-2H3. The molecule has 0 aliphatic heterocycles. The van der Waals surface area contributed by atoms with Crippen molar-refractivity contribution >= 4 is 25.3 Å². The van der Waals surface area contributed by atoms with Crippen molar-refractivity contribution in [1.82, 2.24) is 0 Å². The summed E-state index contributed by atoms with van der Waals surface area (Å²) in [5, 5.41) is 2.62. The molecule has 5 aromatic rings. The van der Waals surface area contributed by atoms with Crippen LogP contribution in [0.15, 0.2) is 97.1 Å². The molecule has 4 aromatic carbocycles. The van der Waals surface area contributed by atoms with Crippen molar-refractivity contribution in [3.05, 3.63) is 119 Å². The molecule has 0 nitrogen and oxygen atoms in total. The van der Waals surface area contributed by atoms with Gasteiger partial charge in [-0.3, -0.25) is 0 Å². The van der Waals surface area contributed by atoms with E-state index in [1.54, 1.807) is 0 Å². The Bertz CT molecular complexity index is 1310. The van der Waals surface area contributed by atoms with Gasteiger partial charge in [0.15, 0.2) is 0 Å². The van der Waals surface area contributed by atoms with Crippen LogP contribution < -0.4 is 0 Å². The van der Waals surface area contributed by atoms with Crippen LogP contribution in [0.1, 0.15) is 22.3 Å². The van der Waals surface area contributed by atoms with E-state index in [1.807, 2.05) is 0 Å². The van der Waals surface area contributed by atoms with Crippen LogP contribution in [0.3, 0.4) is 0 Å². The molecule has 0 aliphatic carbocycles. The van der Waals surface area contributed by atoms with Gasteiger partial charge < -0.3 is 0 Å². The Labute approximate surface area is 184 Å². The van der Waals surface area contributed by atoms with Gasteiger partial charge in [0.1, 0.15) is 0 Å². The Kier molecular flexibility index (Phi) is 5.17. The van der Waals surface area contributed by atoms with Gasteiger partial charge in [0.2, 0.25) is 0 Å². The van der Waals surface area contributed by atoms with Gasteiger partial charge in [0.05, 0.1) is 0 Å². The van der Waals surface area contributed by atoms with E-state index < -0.39 is 0 Å². The van der Waals surface area contributed by atoms with E-state index in [0.717, 1.165) is 6.42 Å². The third-order valence-electron chi connectivity index (χ3n) is 5.67. The Balaban J connectivity index is 1.62. The maximum absolute atomic E-state index is 2.45. The molecule has 1 heteroatoms. The van der Waals surface area contributed by atoms with Crippen molar-refractivity contribution in [3.8, 4) is 20.0 Å². The van der Waals surface area contributed by atoms with Crippen molar-refractivity contribution < 1.29 is 0 Å². The van der Waals surface area contributed by atoms with Crippen LogP contribution >= 0.6 is 0 Å². The van der Waals surface area contributed by atoms with Gasteiger partial charge in [-0.05, 0) is 0 Å². The van der Waals surface area contributed by atoms with Crippen LogP contribution in [-0.4, -0.2) is 14.5 Å². The molecule has 5 rings (SSSR count). The summed E-state index contributed by atoms with van der Waals surface area (Å²) >= 11 is 0.303. The molecule has 0 unspecified atom stereocenters. The predicted octanol–water partition coefficient (Wildman–Crippen LogP) is 7.44. The fraction of sp³-hybridized carbons (Fsp3) is 0.103. The average molecular weight is 451 g/mol. The molecule has 30 heavy (non-hydrogen) atoms. The Morgan fingerprint density at radius 3 is 1.97 bits per heavy atom. The van der Waals surface area contributed by atoms with Gasteiger partial charge in [0.25, 0.3) is 0 Å². The van der Waals surface area contributed by atoms with Crippen molar-refractivity contribution in [1.29, 1.82) is 0 Å². The van der Waals surface area contributed by atoms with Crippen LogP contribution in [0.2, 0.25) is 0 Å². The van der Waals surface area contributed by atoms with Crippen LogP contribution in [0.5, 0.6) is 0 Å². The van der Waals surface area contributed by atoms with E-state index in [1.165, 1.54) is 53.0 Å². The van der Waals surface area contributed by atoms with Gasteiger partial charge in [-0.25, -0.2) is 0 Å². The molecule has 1 aromatic heterocycles. The molecule has 0 fully saturated rings. The summed E-state index contributed by atoms with van der Waals surface area (Å²) in [6, 6.07) is 36.0. The van der Waals surface area contributed by atoms with E-state index >= 15 is 0 Å². The van der Waals surface area contributed by atoms with E-state index in [4.69, 9.17) is 0 Å². The maximum atomic E-state index is 2.45. The summed E-state index contributed by atoms with van der Waals surface area (Å²) in [5.41, 5.74) is 8.20. The number of hydrogen-bond acceptors (Lipinski definition) is 0. The number of fused-ring (bicyclic) bond motifs is 1. The Morgan fingerprint density at radius 1 is 0.600 bits per heavy atom. The zero-order valence-electron chi connectivity index (χ0n) is 17.4. The van der Waals surface area contributed by atoms with E-state index in [9.17, 15) is 0 Å². The first-order chi connectivity index (χ1) is 14.7. The van der Waals surface area contributed by atoms with Crippen LogP contribution in [0.25, 0.3) is 30.8 Å². The topological polar surface area (TPSA) is 0 Å². The third-order valence-corrected chi connectivity index (χ3v) is 8.35. The first kappa shape index (κ1) is 19.1. The molecule has 0 saturated heterocycles. The quantitative estimate of drug-likeness (QED) is 0.249. The zero-order valence-corrected chi connectivity index (χ0v) is 19.1. The second-order valence-corrected chi connectivity index (χ2v) is 10.3. The number of rotatable bonds is 4. The molecule has 0 N–H and O–H groups in total. The van der Waals surface area contributed by atoms with Crippen LogP contribution in [-0.2, 0) is 6.42 Å². The second-order valence-electron chi connectivity index (χ2n) is 8.06. The molecule has 0 atom stereocenters. The molecule has 0 saturated carbocycles. The molecule has 0 radical (unpaired) electrons. The van der Waals surface area contributed by atoms with Crippen LogP contribution in [0, 0.1) is 13.8 Å². The molecular formula is C29H24Se. The summed E-state index contributed by atoms with van der Waals surface area (Å²) in [4.78, 5) is 0. The van der Waals surface area contributed by atoms with Gasteiger partial charge in [-0.2, -0.15) is 0 Å². The van der Waals surface area contributed by atoms with Crippen LogP contribution in [0.4, 0.5) is 0 Å². The van der Waals surface area contributed by atoms with Gasteiger partial charge in [-0.15, -0.1) is 0 Å². The normalized spacial score (nSPS) is 11.1. The summed E-state index contributed by atoms with van der Waals surface area (Å²) in [7, 11) is 0. The fourth-order valence-corrected chi connectivity index (χ4v) is 6.40. The van der Waals surface area contributed by atoms with Gasteiger partial charge >= 0.3 is 185 Å².